The Morgan fingerprint density at radius 3 is 2.44 bits per heavy atom. The number of nitrogens with two attached hydrogens (primary N) is 1. The van der Waals surface area contributed by atoms with Crippen molar-refractivity contribution in [2.45, 2.75) is 37.8 Å². The first-order valence-electron chi connectivity index (χ1n) is 10.3. The molecule has 1 fully saturated rings. The van der Waals surface area contributed by atoms with Crippen molar-refractivity contribution < 1.29 is 29.1 Å². The number of aliphatic carboxylic acids is 1. The van der Waals surface area contributed by atoms with Crippen molar-refractivity contribution in [2.24, 2.45) is 11.7 Å². The highest BCUT2D eigenvalue weighted by Crippen LogP contribution is 2.17. The number of benzene rings is 1. The third-order valence-corrected chi connectivity index (χ3v) is 5.25. The highest BCUT2D eigenvalue weighted by molar-refractivity contribution is 5.92. The largest absolute Gasteiger partial charge is 0.480 e. The van der Waals surface area contributed by atoms with E-state index >= 15 is 0 Å². The van der Waals surface area contributed by atoms with E-state index < -0.39 is 41.7 Å². The third kappa shape index (κ3) is 7.22. The molecule has 5 N–H and O–H groups in total. The Morgan fingerprint density at radius 2 is 1.84 bits per heavy atom. The Balaban J connectivity index is 2.11. The second kappa shape index (κ2) is 11.6. The molecule has 1 aromatic carbocycles. The molecule has 0 unspecified atom stereocenters. The van der Waals surface area contributed by atoms with Crippen molar-refractivity contribution in [1.82, 2.24) is 15.5 Å². The van der Waals surface area contributed by atoms with E-state index in [0.717, 1.165) is 5.56 Å². The molecule has 1 aromatic rings. The molecule has 172 valence electrons. The van der Waals surface area contributed by atoms with Gasteiger partial charge in [-0.2, -0.15) is 0 Å². The summed E-state index contributed by atoms with van der Waals surface area (Å²) in [5.41, 5.74) is 5.85. The predicted molar refractivity (Wildman–Crippen MR) is 115 cm³/mol. The van der Waals surface area contributed by atoms with Crippen molar-refractivity contribution in [1.29, 1.82) is 0 Å². The number of carboxylic acids is 1. The summed E-state index contributed by atoms with van der Waals surface area (Å²) in [7, 11) is 0. The zero-order valence-corrected chi connectivity index (χ0v) is 17.7. The molecule has 1 aliphatic rings. The average Bonchev–Trinajstić information content (AvgIpc) is 3.26. The lowest BCUT2D eigenvalue weighted by Gasteiger charge is -2.23. The van der Waals surface area contributed by atoms with Gasteiger partial charge in [-0.15, -0.1) is 0 Å². The topological polar surface area (TPSA) is 159 Å². The Morgan fingerprint density at radius 1 is 1.16 bits per heavy atom. The van der Waals surface area contributed by atoms with Crippen molar-refractivity contribution >= 4 is 29.6 Å². The maximum Gasteiger partial charge on any atom is 0.326 e. The van der Waals surface area contributed by atoms with Crippen LogP contribution in [0.15, 0.2) is 43.0 Å². The van der Waals surface area contributed by atoms with Crippen LogP contribution in [0.25, 0.3) is 0 Å². The number of amides is 4. The van der Waals surface area contributed by atoms with Crippen molar-refractivity contribution in [3.05, 3.63) is 48.6 Å². The Kier molecular flexibility index (Phi) is 8.94. The van der Waals surface area contributed by atoms with E-state index in [9.17, 15) is 29.1 Å². The smallest absolute Gasteiger partial charge is 0.326 e. The molecule has 1 heterocycles. The number of carboxylic acid groups (broad SMARTS) is 1. The molecule has 10 nitrogen and oxygen atoms in total. The predicted octanol–water partition coefficient (Wildman–Crippen LogP) is -0.417. The molecule has 3 atom stereocenters. The van der Waals surface area contributed by atoms with E-state index in [1.54, 1.807) is 24.3 Å². The van der Waals surface area contributed by atoms with Gasteiger partial charge in [-0.05, 0) is 24.5 Å². The van der Waals surface area contributed by atoms with Gasteiger partial charge in [0, 0.05) is 25.9 Å². The van der Waals surface area contributed by atoms with Gasteiger partial charge in [-0.25, -0.2) is 4.79 Å². The number of primary amides is 1. The van der Waals surface area contributed by atoms with Crippen molar-refractivity contribution in [3.8, 4) is 0 Å². The van der Waals surface area contributed by atoms with Gasteiger partial charge in [0.15, 0.2) is 0 Å². The van der Waals surface area contributed by atoms with Crippen LogP contribution in [0.4, 0.5) is 0 Å². The summed E-state index contributed by atoms with van der Waals surface area (Å²) in [6, 6.07) is 6.60. The Hall–Kier alpha value is -3.69. The fraction of sp³-hybridized carbons (Fsp3) is 0.409. The maximum atomic E-state index is 12.9. The quantitative estimate of drug-likeness (QED) is 0.339. The molecular weight excluding hydrogens is 416 g/mol. The van der Waals surface area contributed by atoms with Crippen molar-refractivity contribution in [3.63, 3.8) is 0 Å². The number of carbonyl (C=O) groups excluding carboxylic acids is 4. The highest BCUT2D eigenvalue weighted by Gasteiger charge is 2.33. The highest BCUT2D eigenvalue weighted by atomic mass is 16.4. The molecule has 0 bridgehead atoms. The summed E-state index contributed by atoms with van der Waals surface area (Å²) >= 11 is 0. The summed E-state index contributed by atoms with van der Waals surface area (Å²) in [5.74, 6) is -3.83. The van der Waals surface area contributed by atoms with E-state index in [4.69, 9.17) is 5.73 Å². The lowest BCUT2D eigenvalue weighted by Crippen LogP contribution is -2.53. The minimum Gasteiger partial charge on any atom is -0.480 e. The Labute approximate surface area is 185 Å². The van der Waals surface area contributed by atoms with Gasteiger partial charge in [0.1, 0.15) is 12.1 Å². The van der Waals surface area contributed by atoms with Crippen LogP contribution in [0.2, 0.25) is 0 Å². The first kappa shape index (κ1) is 24.6. The zero-order valence-electron chi connectivity index (χ0n) is 17.7. The Bertz CT molecular complexity index is 872. The first-order chi connectivity index (χ1) is 15.2. The van der Waals surface area contributed by atoms with E-state index in [1.165, 1.54) is 11.0 Å². The van der Waals surface area contributed by atoms with E-state index in [-0.39, 0.29) is 31.7 Å². The maximum absolute atomic E-state index is 12.9. The summed E-state index contributed by atoms with van der Waals surface area (Å²) in [6.07, 6.45) is 1.40. The van der Waals surface area contributed by atoms with Crippen LogP contribution < -0.4 is 16.4 Å². The molecular formula is C22H28N4O6. The van der Waals surface area contributed by atoms with Crippen LogP contribution in [0.1, 0.15) is 24.8 Å². The monoisotopic (exact) mass is 444 g/mol. The fourth-order valence-electron chi connectivity index (χ4n) is 3.47. The van der Waals surface area contributed by atoms with Crippen molar-refractivity contribution in [2.75, 3.05) is 13.1 Å². The minimum atomic E-state index is -1.32. The van der Waals surface area contributed by atoms with Gasteiger partial charge >= 0.3 is 5.97 Å². The van der Waals surface area contributed by atoms with Crippen LogP contribution in [0.3, 0.4) is 0 Å². The second-order valence-electron chi connectivity index (χ2n) is 7.63. The van der Waals surface area contributed by atoms with Gasteiger partial charge < -0.3 is 26.4 Å². The SMILES string of the molecule is C=CC(=O)N1CC[C@H](C(=O)N[C@@H](Cc2ccccc2)C(=O)N[C@@H](CCC(N)=O)C(=O)O)C1. The molecule has 10 heteroatoms. The van der Waals surface area contributed by atoms with Gasteiger partial charge in [0.2, 0.25) is 23.6 Å². The molecule has 1 saturated heterocycles. The minimum absolute atomic E-state index is 0.141. The van der Waals surface area contributed by atoms with E-state index in [1.807, 2.05) is 6.07 Å². The number of hydrogen-bond donors (Lipinski definition) is 4. The number of likely N-dealkylation sites (tertiary alicyclic amines) is 1. The van der Waals surface area contributed by atoms with E-state index in [2.05, 4.69) is 17.2 Å². The second-order valence-corrected chi connectivity index (χ2v) is 7.63. The summed E-state index contributed by atoms with van der Waals surface area (Å²) < 4.78 is 0. The third-order valence-electron chi connectivity index (χ3n) is 5.25. The molecule has 4 amide bonds. The number of carbonyl (C=O) groups is 5. The van der Waals surface area contributed by atoms with Gasteiger partial charge in [0.25, 0.3) is 0 Å². The van der Waals surface area contributed by atoms with Crippen LogP contribution >= 0.6 is 0 Å². The normalized spacial score (nSPS) is 17.1. The molecule has 2 rings (SSSR count). The number of hydrogen-bond acceptors (Lipinski definition) is 5. The van der Waals surface area contributed by atoms with Crippen LogP contribution in [0.5, 0.6) is 0 Å². The molecule has 1 aliphatic heterocycles. The van der Waals surface area contributed by atoms with Gasteiger partial charge in [-0.1, -0.05) is 36.9 Å². The average molecular weight is 444 g/mol. The standard InChI is InChI=1S/C22H28N4O6/c1-2-19(28)26-11-10-15(13-26)20(29)25-17(12-14-6-4-3-5-7-14)21(30)24-16(22(31)32)8-9-18(23)27/h2-7,15-17H,1,8-13H2,(H2,23,27)(H,24,30)(H,25,29)(H,31,32)/t15-,16-,17-/m0/s1. The van der Waals surface area contributed by atoms with Crippen LogP contribution in [0, 0.1) is 5.92 Å². The summed E-state index contributed by atoms with van der Waals surface area (Å²) in [5, 5.41) is 14.4. The van der Waals surface area contributed by atoms with Gasteiger partial charge in [-0.3, -0.25) is 19.2 Å². The first-order valence-corrected chi connectivity index (χ1v) is 10.3. The number of nitrogens with zero attached hydrogens (tertiary/aromatic N) is 1. The molecule has 32 heavy (non-hydrogen) atoms. The molecule has 0 aliphatic carbocycles. The number of nitrogens with one attached hydrogen (secondary N) is 2. The lowest BCUT2D eigenvalue weighted by molar-refractivity contribution is -0.142. The fourth-order valence-corrected chi connectivity index (χ4v) is 3.47. The van der Waals surface area contributed by atoms with Crippen LogP contribution in [-0.2, 0) is 30.4 Å². The molecule has 0 saturated carbocycles. The lowest BCUT2D eigenvalue weighted by atomic mass is 10.0. The zero-order chi connectivity index (χ0) is 23.7. The summed E-state index contributed by atoms with van der Waals surface area (Å²) in [4.78, 5) is 61.5. The van der Waals surface area contributed by atoms with Gasteiger partial charge in [0.05, 0.1) is 5.92 Å². The molecule has 0 aromatic heterocycles. The molecule has 0 radical (unpaired) electrons. The van der Waals surface area contributed by atoms with Crippen LogP contribution in [-0.4, -0.2) is 64.8 Å². The number of rotatable bonds is 11. The van der Waals surface area contributed by atoms with E-state index in [0.29, 0.717) is 13.0 Å². The molecule has 0 spiro atoms. The summed E-state index contributed by atoms with van der Waals surface area (Å²) in [6.45, 7) is 4.06.